The highest BCUT2D eigenvalue weighted by Gasteiger charge is 2.41. The quantitative estimate of drug-likeness (QED) is 0.607. The Morgan fingerprint density at radius 2 is 2.21 bits per heavy atom. The molecule has 3 nitrogen and oxygen atoms in total. The van der Waals surface area contributed by atoms with E-state index in [0.29, 0.717) is 12.0 Å². The lowest BCUT2D eigenvalue weighted by Gasteiger charge is -2.37. The summed E-state index contributed by atoms with van der Waals surface area (Å²) in [6, 6.07) is 0.446. The van der Waals surface area contributed by atoms with E-state index < -0.39 is 0 Å². The van der Waals surface area contributed by atoms with Crippen molar-refractivity contribution in [2.75, 3.05) is 31.8 Å². The van der Waals surface area contributed by atoms with Crippen LogP contribution in [0.3, 0.4) is 0 Å². The van der Waals surface area contributed by atoms with Crippen LogP contribution < -0.4 is 5.32 Å². The summed E-state index contributed by atoms with van der Waals surface area (Å²) in [4.78, 5) is 0. The first-order chi connectivity index (χ1) is 9.14. The number of aliphatic hydroxyl groups is 1. The molecule has 0 aromatic carbocycles. The molecule has 2 unspecified atom stereocenters. The predicted octanol–water partition coefficient (Wildman–Crippen LogP) is 2.68. The van der Waals surface area contributed by atoms with Gasteiger partial charge in [-0.25, -0.2) is 0 Å². The van der Waals surface area contributed by atoms with E-state index in [-0.39, 0.29) is 12.1 Å². The van der Waals surface area contributed by atoms with Gasteiger partial charge in [-0.3, -0.25) is 0 Å². The molecule has 1 aliphatic rings. The van der Waals surface area contributed by atoms with Crippen molar-refractivity contribution >= 4 is 11.8 Å². The van der Waals surface area contributed by atoms with Crippen molar-refractivity contribution in [3.8, 4) is 0 Å². The molecule has 0 bridgehead atoms. The van der Waals surface area contributed by atoms with E-state index in [4.69, 9.17) is 4.74 Å². The van der Waals surface area contributed by atoms with Crippen LogP contribution in [0, 0.1) is 5.92 Å². The maximum Gasteiger partial charge on any atom is 0.0616 e. The molecule has 1 saturated carbocycles. The van der Waals surface area contributed by atoms with Gasteiger partial charge in [-0.1, -0.05) is 20.3 Å². The number of thioether (sulfide) groups is 1. The first-order valence-corrected chi connectivity index (χ1v) is 8.75. The third kappa shape index (κ3) is 5.62. The van der Waals surface area contributed by atoms with Gasteiger partial charge in [-0.2, -0.15) is 11.8 Å². The van der Waals surface area contributed by atoms with E-state index >= 15 is 0 Å². The van der Waals surface area contributed by atoms with Crippen molar-refractivity contribution in [2.24, 2.45) is 5.92 Å². The Bertz CT molecular complexity index is 238. The van der Waals surface area contributed by atoms with Crippen LogP contribution in [-0.2, 0) is 4.74 Å². The van der Waals surface area contributed by atoms with Crippen LogP contribution in [0.1, 0.15) is 46.0 Å². The minimum Gasteiger partial charge on any atom is -0.394 e. The molecule has 0 amide bonds. The van der Waals surface area contributed by atoms with E-state index in [1.807, 2.05) is 11.8 Å². The standard InChI is InChI=1S/C15H31NO2S/c1-13(2)16-15(12-17)8-4-6-14(15)7-11-19-10-5-9-18-3/h13-14,16-17H,4-12H2,1-3H3. The maximum absolute atomic E-state index is 9.82. The highest BCUT2D eigenvalue weighted by molar-refractivity contribution is 7.99. The second-order valence-electron chi connectivity index (χ2n) is 5.95. The van der Waals surface area contributed by atoms with Crippen molar-refractivity contribution in [1.82, 2.24) is 5.32 Å². The molecule has 1 rings (SSSR count). The number of nitrogens with one attached hydrogen (secondary N) is 1. The Morgan fingerprint density at radius 3 is 2.84 bits per heavy atom. The molecule has 0 aliphatic heterocycles. The van der Waals surface area contributed by atoms with Crippen molar-refractivity contribution in [2.45, 2.75) is 57.5 Å². The summed E-state index contributed by atoms with van der Waals surface area (Å²) in [6.07, 6.45) is 6.00. The van der Waals surface area contributed by atoms with Gasteiger partial charge in [0.05, 0.1) is 6.61 Å². The number of ether oxygens (including phenoxy) is 1. The van der Waals surface area contributed by atoms with Gasteiger partial charge in [0.1, 0.15) is 0 Å². The van der Waals surface area contributed by atoms with Gasteiger partial charge in [0.15, 0.2) is 0 Å². The van der Waals surface area contributed by atoms with Gasteiger partial charge in [-0.15, -0.1) is 0 Å². The molecule has 0 saturated heterocycles. The van der Waals surface area contributed by atoms with Crippen molar-refractivity contribution in [3.05, 3.63) is 0 Å². The van der Waals surface area contributed by atoms with Gasteiger partial charge in [0.25, 0.3) is 0 Å². The van der Waals surface area contributed by atoms with E-state index in [1.54, 1.807) is 7.11 Å². The summed E-state index contributed by atoms with van der Waals surface area (Å²) in [5.74, 6) is 3.02. The van der Waals surface area contributed by atoms with E-state index in [9.17, 15) is 5.11 Å². The molecule has 19 heavy (non-hydrogen) atoms. The van der Waals surface area contributed by atoms with Crippen LogP contribution in [0.4, 0.5) is 0 Å². The number of hydrogen-bond acceptors (Lipinski definition) is 4. The molecular formula is C15H31NO2S. The Labute approximate surface area is 122 Å². The summed E-state index contributed by atoms with van der Waals surface area (Å²) in [7, 11) is 1.76. The fourth-order valence-electron chi connectivity index (χ4n) is 3.22. The number of hydrogen-bond donors (Lipinski definition) is 2. The average molecular weight is 289 g/mol. The molecule has 2 N–H and O–H groups in total. The zero-order chi connectivity index (χ0) is 14.1. The van der Waals surface area contributed by atoms with Crippen molar-refractivity contribution in [3.63, 3.8) is 0 Å². The average Bonchev–Trinajstić information content (AvgIpc) is 2.76. The summed E-state index contributed by atoms with van der Waals surface area (Å²) in [5.41, 5.74) is -0.0126. The number of methoxy groups -OCH3 is 1. The maximum atomic E-state index is 9.82. The zero-order valence-corrected chi connectivity index (χ0v) is 13.6. The molecule has 1 fully saturated rings. The minimum absolute atomic E-state index is 0.0126. The van der Waals surface area contributed by atoms with Gasteiger partial charge < -0.3 is 15.2 Å². The topological polar surface area (TPSA) is 41.5 Å². The molecule has 0 spiro atoms. The Hall–Kier alpha value is 0.230. The monoisotopic (exact) mass is 289 g/mol. The van der Waals surface area contributed by atoms with Gasteiger partial charge in [0.2, 0.25) is 0 Å². The zero-order valence-electron chi connectivity index (χ0n) is 12.8. The van der Waals surface area contributed by atoms with Gasteiger partial charge >= 0.3 is 0 Å². The first-order valence-electron chi connectivity index (χ1n) is 7.60. The molecule has 0 radical (unpaired) electrons. The summed E-state index contributed by atoms with van der Waals surface area (Å²) in [6.45, 7) is 5.49. The Morgan fingerprint density at radius 1 is 1.42 bits per heavy atom. The van der Waals surface area contributed by atoms with E-state index in [0.717, 1.165) is 19.4 Å². The lowest BCUT2D eigenvalue weighted by molar-refractivity contribution is 0.113. The summed E-state index contributed by atoms with van der Waals surface area (Å²) in [5, 5.41) is 13.5. The molecule has 0 aromatic rings. The highest BCUT2D eigenvalue weighted by atomic mass is 32.2. The summed E-state index contributed by atoms with van der Waals surface area (Å²) >= 11 is 2.02. The largest absolute Gasteiger partial charge is 0.394 e. The van der Waals surface area contributed by atoms with Gasteiger partial charge in [-0.05, 0) is 43.1 Å². The van der Waals surface area contributed by atoms with Crippen molar-refractivity contribution < 1.29 is 9.84 Å². The molecule has 0 aromatic heterocycles. The molecule has 2 atom stereocenters. The molecule has 114 valence electrons. The molecule has 1 aliphatic carbocycles. The minimum atomic E-state index is -0.0126. The van der Waals surface area contributed by atoms with E-state index in [2.05, 4.69) is 19.2 Å². The van der Waals surface area contributed by atoms with Crippen LogP contribution in [0.25, 0.3) is 0 Å². The molecule has 0 heterocycles. The smallest absolute Gasteiger partial charge is 0.0616 e. The van der Waals surface area contributed by atoms with Crippen LogP contribution >= 0.6 is 11.8 Å². The van der Waals surface area contributed by atoms with Crippen LogP contribution in [0.5, 0.6) is 0 Å². The number of rotatable bonds is 10. The fourth-order valence-corrected chi connectivity index (χ4v) is 4.19. The summed E-state index contributed by atoms with van der Waals surface area (Å²) < 4.78 is 5.06. The lowest BCUT2D eigenvalue weighted by Crippen LogP contribution is -2.54. The van der Waals surface area contributed by atoms with Gasteiger partial charge in [0, 0.05) is 25.3 Å². The Kier molecular flexibility index (Phi) is 8.38. The van der Waals surface area contributed by atoms with E-state index in [1.165, 1.54) is 30.8 Å². The third-order valence-electron chi connectivity index (χ3n) is 4.06. The second-order valence-corrected chi connectivity index (χ2v) is 7.17. The first kappa shape index (κ1) is 17.3. The highest BCUT2D eigenvalue weighted by Crippen LogP contribution is 2.38. The second kappa shape index (κ2) is 9.22. The Balaban J connectivity index is 2.30. The SMILES string of the molecule is COCCCSCCC1CCCC1(CO)NC(C)C. The van der Waals surface area contributed by atoms with Crippen molar-refractivity contribution in [1.29, 1.82) is 0 Å². The number of aliphatic hydroxyl groups excluding tert-OH is 1. The van der Waals surface area contributed by atoms with Crippen LogP contribution in [-0.4, -0.2) is 48.5 Å². The lowest BCUT2D eigenvalue weighted by atomic mass is 9.85. The van der Waals surface area contributed by atoms with Crippen LogP contribution in [0.2, 0.25) is 0 Å². The normalized spacial score (nSPS) is 27.3. The third-order valence-corrected chi connectivity index (χ3v) is 5.16. The van der Waals surface area contributed by atoms with Crippen LogP contribution in [0.15, 0.2) is 0 Å². The fraction of sp³-hybridized carbons (Fsp3) is 1.00. The molecular weight excluding hydrogens is 258 g/mol. The predicted molar refractivity (Wildman–Crippen MR) is 83.9 cm³/mol. The molecule has 4 heteroatoms.